The number of nitrogens with zero attached hydrogens (tertiary/aromatic N) is 2. The molecule has 3 rings (SSSR count). The van der Waals surface area contributed by atoms with Crippen LogP contribution in [0.15, 0.2) is 27.3 Å². The number of ether oxygens (including phenoxy) is 1. The number of carbonyl (C=O) groups excluding carboxylic acids is 1. The Kier molecular flexibility index (Phi) is 5.52. The Bertz CT molecular complexity index is 1090. The van der Waals surface area contributed by atoms with E-state index in [2.05, 4.69) is 10.3 Å². The van der Waals surface area contributed by atoms with Crippen LogP contribution in [-0.4, -0.2) is 28.4 Å². The van der Waals surface area contributed by atoms with Crippen molar-refractivity contribution in [3.63, 3.8) is 0 Å². The van der Waals surface area contributed by atoms with Crippen molar-refractivity contribution in [2.45, 2.75) is 18.2 Å². The lowest BCUT2D eigenvalue weighted by molar-refractivity contribution is 0.0529. The van der Waals surface area contributed by atoms with Crippen molar-refractivity contribution in [1.82, 2.24) is 9.55 Å². The van der Waals surface area contributed by atoms with Crippen molar-refractivity contribution in [1.29, 1.82) is 0 Å². The molecule has 0 unspecified atom stereocenters. The first-order chi connectivity index (χ1) is 12.9. The van der Waals surface area contributed by atoms with Gasteiger partial charge in [0.05, 0.1) is 12.3 Å². The van der Waals surface area contributed by atoms with Crippen LogP contribution in [0.2, 0.25) is 0 Å². The average Bonchev–Trinajstić information content (AvgIpc) is 3.06. The molecule has 0 radical (unpaired) electrons. The highest BCUT2D eigenvalue weighted by Gasteiger charge is 2.25. The van der Waals surface area contributed by atoms with Gasteiger partial charge in [-0.1, -0.05) is 17.8 Å². The quantitative estimate of drug-likeness (QED) is 0.507. The van der Waals surface area contributed by atoms with E-state index >= 15 is 0 Å². The van der Waals surface area contributed by atoms with Crippen molar-refractivity contribution >= 4 is 50.8 Å². The van der Waals surface area contributed by atoms with Gasteiger partial charge >= 0.3 is 5.97 Å². The van der Waals surface area contributed by atoms with Crippen LogP contribution in [0.1, 0.15) is 22.8 Å². The Hall–Kier alpha value is -2.39. The van der Waals surface area contributed by atoms with Gasteiger partial charge in [0.25, 0.3) is 5.56 Å². The summed E-state index contributed by atoms with van der Waals surface area (Å²) in [4.78, 5) is 29.8. The molecule has 6 nitrogen and oxygen atoms in total. The van der Waals surface area contributed by atoms with Crippen LogP contribution >= 0.6 is 23.1 Å². The first-order valence-electron chi connectivity index (χ1n) is 8.15. The van der Waals surface area contributed by atoms with Crippen LogP contribution in [-0.2, 0) is 11.8 Å². The van der Waals surface area contributed by atoms with E-state index in [0.29, 0.717) is 9.04 Å². The fourth-order valence-electron chi connectivity index (χ4n) is 2.63. The zero-order chi connectivity index (χ0) is 19.7. The molecule has 2 aromatic heterocycles. The van der Waals surface area contributed by atoms with Gasteiger partial charge in [0, 0.05) is 7.05 Å². The lowest BCUT2D eigenvalue weighted by Crippen LogP contribution is -2.23. The van der Waals surface area contributed by atoms with Crippen LogP contribution < -0.4 is 10.9 Å². The van der Waals surface area contributed by atoms with Crippen molar-refractivity contribution < 1.29 is 13.9 Å². The molecule has 0 bridgehead atoms. The number of pyridine rings is 1. The molecule has 0 fully saturated rings. The molecule has 1 aromatic carbocycles. The fourth-order valence-corrected chi connectivity index (χ4v) is 4.17. The van der Waals surface area contributed by atoms with E-state index < -0.39 is 11.8 Å². The minimum Gasteiger partial charge on any atom is -0.462 e. The molecule has 27 heavy (non-hydrogen) atoms. The van der Waals surface area contributed by atoms with Gasteiger partial charge < -0.3 is 10.1 Å². The van der Waals surface area contributed by atoms with Gasteiger partial charge in [-0.3, -0.25) is 9.36 Å². The maximum absolute atomic E-state index is 14.3. The normalized spacial score (nSPS) is 11.0. The fraction of sp³-hybridized carbons (Fsp3) is 0.278. The van der Waals surface area contributed by atoms with Gasteiger partial charge in [-0.05, 0) is 37.8 Å². The molecule has 1 N–H and O–H groups in total. The highest BCUT2D eigenvalue weighted by atomic mass is 32.2. The number of thioether (sulfide) groups is 1. The molecular formula is C18H18FN3O3S2. The molecule has 0 aliphatic carbocycles. The lowest BCUT2D eigenvalue weighted by Gasteiger charge is -2.16. The highest BCUT2D eigenvalue weighted by molar-refractivity contribution is 8.00. The van der Waals surface area contributed by atoms with E-state index in [0.717, 1.165) is 5.56 Å². The summed E-state index contributed by atoms with van der Waals surface area (Å²) < 4.78 is 21.8. The van der Waals surface area contributed by atoms with Crippen LogP contribution in [0.3, 0.4) is 0 Å². The van der Waals surface area contributed by atoms with E-state index in [1.807, 2.05) is 6.26 Å². The Labute approximate surface area is 163 Å². The van der Waals surface area contributed by atoms with Gasteiger partial charge in [0.2, 0.25) is 0 Å². The number of nitrogens with one attached hydrogen (secondary N) is 1. The number of halogens is 1. The third-order valence-corrected chi connectivity index (χ3v) is 5.98. The SMILES string of the molecule is CCOC(=O)c1c(Nc2ccc(C)cc2F)n(C)c(=O)c2sc(SC)nc12. The molecule has 0 atom stereocenters. The standard InChI is InChI=1S/C18H18FN3O3S2/c1-5-25-17(24)12-13-14(27-18(21-13)26-4)16(23)22(3)15(12)20-11-7-6-9(2)8-10(11)19/h6-8,20H,5H2,1-4H3. The molecule has 0 saturated heterocycles. The summed E-state index contributed by atoms with van der Waals surface area (Å²) >= 11 is 2.60. The zero-order valence-electron chi connectivity index (χ0n) is 15.3. The van der Waals surface area contributed by atoms with Gasteiger partial charge in [-0.15, -0.1) is 11.3 Å². The Morgan fingerprint density at radius 3 is 2.81 bits per heavy atom. The monoisotopic (exact) mass is 407 g/mol. The number of hydrogen-bond acceptors (Lipinski definition) is 7. The number of aryl methyl sites for hydroxylation is 1. The summed E-state index contributed by atoms with van der Waals surface area (Å²) in [6, 6.07) is 4.67. The van der Waals surface area contributed by atoms with E-state index in [4.69, 9.17) is 4.74 Å². The Balaban J connectivity index is 2.29. The van der Waals surface area contributed by atoms with Crippen molar-refractivity contribution in [2.24, 2.45) is 7.05 Å². The second kappa shape index (κ2) is 7.69. The number of hydrogen-bond donors (Lipinski definition) is 1. The molecule has 3 aromatic rings. The van der Waals surface area contributed by atoms with E-state index in [1.54, 1.807) is 26.0 Å². The predicted molar refractivity (Wildman–Crippen MR) is 107 cm³/mol. The summed E-state index contributed by atoms with van der Waals surface area (Å²) in [7, 11) is 1.53. The number of thiazole rings is 1. The molecule has 9 heteroatoms. The van der Waals surface area contributed by atoms with Crippen LogP contribution in [0.4, 0.5) is 15.9 Å². The number of esters is 1. The molecule has 0 aliphatic rings. The van der Waals surface area contributed by atoms with Gasteiger partial charge in [0.15, 0.2) is 4.34 Å². The average molecular weight is 407 g/mol. The summed E-state index contributed by atoms with van der Waals surface area (Å²) in [5, 5.41) is 2.88. The molecule has 0 spiro atoms. The summed E-state index contributed by atoms with van der Waals surface area (Å²) in [5.41, 5.74) is 0.982. The molecule has 2 heterocycles. The minimum atomic E-state index is -0.619. The number of benzene rings is 1. The number of carbonyl (C=O) groups is 1. The first-order valence-corrected chi connectivity index (χ1v) is 10.2. The van der Waals surface area contributed by atoms with Gasteiger partial charge in [-0.2, -0.15) is 0 Å². The molecule has 0 amide bonds. The molecule has 0 saturated carbocycles. The summed E-state index contributed by atoms with van der Waals surface area (Å²) in [6.07, 6.45) is 1.84. The van der Waals surface area contributed by atoms with E-state index in [1.165, 1.54) is 40.8 Å². The third kappa shape index (κ3) is 3.57. The number of fused-ring (bicyclic) bond motifs is 1. The second-order valence-electron chi connectivity index (χ2n) is 5.78. The first kappa shape index (κ1) is 19.4. The van der Waals surface area contributed by atoms with Crippen LogP contribution in [0, 0.1) is 12.7 Å². The highest BCUT2D eigenvalue weighted by Crippen LogP contribution is 2.33. The van der Waals surface area contributed by atoms with Crippen LogP contribution in [0.25, 0.3) is 10.2 Å². The Morgan fingerprint density at radius 2 is 2.19 bits per heavy atom. The van der Waals surface area contributed by atoms with Crippen molar-refractivity contribution in [2.75, 3.05) is 18.2 Å². The Morgan fingerprint density at radius 1 is 1.44 bits per heavy atom. The van der Waals surface area contributed by atoms with Crippen molar-refractivity contribution in [3.05, 3.63) is 45.5 Å². The lowest BCUT2D eigenvalue weighted by atomic mass is 10.2. The van der Waals surface area contributed by atoms with Crippen LogP contribution in [0.5, 0.6) is 0 Å². The molecular weight excluding hydrogens is 389 g/mol. The minimum absolute atomic E-state index is 0.116. The summed E-state index contributed by atoms with van der Waals surface area (Å²) in [6.45, 7) is 3.64. The van der Waals surface area contributed by atoms with Gasteiger partial charge in [0.1, 0.15) is 27.4 Å². The smallest absolute Gasteiger partial charge is 0.344 e. The van der Waals surface area contributed by atoms with Crippen molar-refractivity contribution in [3.8, 4) is 0 Å². The number of rotatable bonds is 5. The number of aromatic nitrogens is 2. The second-order valence-corrected chi connectivity index (χ2v) is 7.83. The number of anilines is 2. The van der Waals surface area contributed by atoms with E-state index in [-0.39, 0.29) is 34.8 Å². The molecule has 0 aliphatic heterocycles. The largest absolute Gasteiger partial charge is 0.462 e. The molecule has 142 valence electrons. The van der Waals surface area contributed by atoms with Gasteiger partial charge in [-0.25, -0.2) is 14.2 Å². The topological polar surface area (TPSA) is 73.2 Å². The maximum Gasteiger partial charge on any atom is 0.344 e. The zero-order valence-corrected chi connectivity index (χ0v) is 16.9. The van der Waals surface area contributed by atoms with E-state index in [9.17, 15) is 14.0 Å². The summed E-state index contributed by atoms with van der Waals surface area (Å²) in [5.74, 6) is -0.960. The maximum atomic E-state index is 14.3. The predicted octanol–water partition coefficient (Wildman–Crippen LogP) is 4.08. The third-order valence-electron chi connectivity index (χ3n) is 3.95.